The third-order valence-electron chi connectivity index (χ3n) is 3.93. The third-order valence-corrected chi connectivity index (χ3v) is 6.93. The molecular formula is C15H25ClFN3O4S2. The quantitative estimate of drug-likeness (QED) is 0.613. The molecule has 1 aliphatic rings. The Kier molecular flexibility index (Phi) is 8.28. The van der Waals surface area contributed by atoms with Crippen LogP contribution in [0.15, 0.2) is 23.1 Å². The predicted molar refractivity (Wildman–Crippen MR) is 102 cm³/mol. The number of anilines is 1. The van der Waals surface area contributed by atoms with Gasteiger partial charge in [0.15, 0.2) is 0 Å². The van der Waals surface area contributed by atoms with Gasteiger partial charge in [-0.25, -0.2) is 25.9 Å². The molecule has 0 radical (unpaired) electrons. The van der Waals surface area contributed by atoms with Crippen molar-refractivity contribution in [1.82, 2.24) is 10.0 Å². The maximum atomic E-state index is 14.2. The number of hydrogen-bond donors (Lipinski definition) is 3. The number of sulfonamides is 2. The Morgan fingerprint density at radius 3 is 2.54 bits per heavy atom. The van der Waals surface area contributed by atoms with Crippen LogP contribution in [-0.2, 0) is 20.0 Å². The van der Waals surface area contributed by atoms with E-state index >= 15 is 0 Å². The summed E-state index contributed by atoms with van der Waals surface area (Å²) in [6.07, 6.45) is 1.69. The topological polar surface area (TPSA) is 104 Å². The summed E-state index contributed by atoms with van der Waals surface area (Å²) in [6, 6.07) is 3.14. The summed E-state index contributed by atoms with van der Waals surface area (Å²) in [6.45, 7) is 4.37. The van der Waals surface area contributed by atoms with Crippen molar-refractivity contribution in [3.05, 3.63) is 24.0 Å². The Hall–Kier alpha value is -0.940. The van der Waals surface area contributed by atoms with Crippen molar-refractivity contribution in [3.63, 3.8) is 0 Å². The van der Waals surface area contributed by atoms with Gasteiger partial charge in [-0.1, -0.05) is 6.92 Å². The average Bonchev–Trinajstić information content (AvgIpc) is 2.48. The summed E-state index contributed by atoms with van der Waals surface area (Å²) >= 11 is 0. The average molecular weight is 430 g/mol. The number of hydrogen-bond acceptors (Lipinski definition) is 5. The molecule has 0 spiro atoms. The molecule has 2 rings (SSSR count). The van der Waals surface area contributed by atoms with E-state index in [0.29, 0.717) is 25.8 Å². The first-order valence-electron chi connectivity index (χ1n) is 8.18. The molecule has 150 valence electrons. The number of rotatable bonds is 7. The highest BCUT2D eigenvalue weighted by atomic mass is 35.5. The lowest BCUT2D eigenvalue weighted by Crippen LogP contribution is -2.46. The second-order valence-electron chi connectivity index (χ2n) is 6.26. The summed E-state index contributed by atoms with van der Waals surface area (Å²) in [4.78, 5) is -0.227. The first-order chi connectivity index (χ1) is 11.6. The molecule has 1 aromatic carbocycles. The van der Waals surface area contributed by atoms with Gasteiger partial charge < -0.3 is 5.32 Å². The Bertz CT molecular complexity index is 818. The maximum absolute atomic E-state index is 14.2. The third kappa shape index (κ3) is 6.34. The van der Waals surface area contributed by atoms with Crippen molar-refractivity contribution >= 4 is 38.1 Å². The molecule has 1 heterocycles. The lowest BCUT2D eigenvalue weighted by molar-refractivity contribution is 0.361. The first-order valence-corrected chi connectivity index (χ1v) is 11.3. The molecule has 2 unspecified atom stereocenters. The summed E-state index contributed by atoms with van der Waals surface area (Å²) in [5.74, 6) is -1.07. The molecule has 0 aromatic heterocycles. The fourth-order valence-corrected chi connectivity index (χ4v) is 5.19. The molecule has 26 heavy (non-hydrogen) atoms. The fraction of sp³-hybridized carbons (Fsp3) is 0.600. The van der Waals surface area contributed by atoms with Gasteiger partial charge in [0, 0.05) is 12.1 Å². The summed E-state index contributed by atoms with van der Waals surface area (Å²) in [5.41, 5.74) is -0.261. The van der Waals surface area contributed by atoms with E-state index in [1.165, 1.54) is 6.07 Å². The van der Waals surface area contributed by atoms with Crippen LogP contribution in [0.5, 0.6) is 0 Å². The molecule has 1 aromatic rings. The minimum absolute atomic E-state index is 0. The van der Waals surface area contributed by atoms with Crippen LogP contribution in [-0.4, -0.2) is 41.2 Å². The summed E-state index contributed by atoms with van der Waals surface area (Å²) < 4.78 is 67.1. The van der Waals surface area contributed by atoms with Crippen LogP contribution in [0.4, 0.5) is 10.1 Å². The van der Waals surface area contributed by atoms with Crippen molar-refractivity contribution in [2.45, 2.75) is 50.1 Å². The van der Waals surface area contributed by atoms with Crippen LogP contribution in [0.25, 0.3) is 0 Å². The second-order valence-corrected chi connectivity index (χ2v) is 9.82. The Morgan fingerprint density at radius 2 is 1.96 bits per heavy atom. The van der Waals surface area contributed by atoms with Gasteiger partial charge in [-0.15, -0.1) is 12.4 Å². The van der Waals surface area contributed by atoms with E-state index in [2.05, 4.69) is 14.8 Å². The summed E-state index contributed by atoms with van der Waals surface area (Å²) in [5, 5.41) is 3.23. The molecule has 1 saturated heterocycles. The van der Waals surface area contributed by atoms with Gasteiger partial charge in [0.25, 0.3) is 0 Å². The molecule has 0 amide bonds. The van der Waals surface area contributed by atoms with E-state index in [4.69, 9.17) is 0 Å². The first kappa shape index (κ1) is 23.1. The fourth-order valence-electron chi connectivity index (χ4n) is 2.76. The molecular weight excluding hydrogens is 405 g/mol. The van der Waals surface area contributed by atoms with Crippen LogP contribution in [0.1, 0.15) is 33.1 Å². The van der Waals surface area contributed by atoms with Gasteiger partial charge in [0.05, 0.1) is 16.3 Å². The Labute approximate surface area is 160 Å². The van der Waals surface area contributed by atoms with E-state index in [9.17, 15) is 21.2 Å². The van der Waals surface area contributed by atoms with Gasteiger partial charge in [0.1, 0.15) is 5.82 Å². The van der Waals surface area contributed by atoms with Crippen molar-refractivity contribution < 1.29 is 21.2 Å². The van der Waals surface area contributed by atoms with Crippen LogP contribution < -0.4 is 14.8 Å². The SMILES string of the molecule is CCCS(=O)(=O)Nc1ccc(S(=O)(=O)NC2CCNC(C)C2)cc1F.Cl. The molecule has 2 atom stereocenters. The van der Waals surface area contributed by atoms with Gasteiger partial charge in [0.2, 0.25) is 20.0 Å². The number of benzene rings is 1. The Morgan fingerprint density at radius 1 is 1.27 bits per heavy atom. The zero-order chi connectivity index (χ0) is 18.7. The van der Waals surface area contributed by atoms with Crippen molar-refractivity contribution in [2.75, 3.05) is 17.0 Å². The van der Waals surface area contributed by atoms with Crippen molar-refractivity contribution in [3.8, 4) is 0 Å². The van der Waals surface area contributed by atoms with Crippen molar-refractivity contribution in [2.24, 2.45) is 0 Å². The molecule has 1 fully saturated rings. The minimum atomic E-state index is -3.87. The highest BCUT2D eigenvalue weighted by Crippen LogP contribution is 2.21. The van der Waals surface area contributed by atoms with E-state index in [1.54, 1.807) is 6.92 Å². The standard InChI is InChI=1S/C15H24FN3O4S2.ClH/c1-3-8-24(20,21)19-15-5-4-13(10-14(15)16)25(22,23)18-12-6-7-17-11(2)9-12;/h4-5,10-12,17-19H,3,6-9H2,1-2H3;1H. The number of halogens is 2. The number of nitrogens with one attached hydrogen (secondary N) is 3. The molecule has 0 bridgehead atoms. The van der Waals surface area contributed by atoms with Gasteiger partial charge >= 0.3 is 0 Å². The Balaban J connectivity index is 0.00000338. The second kappa shape index (κ2) is 9.32. The molecule has 0 saturated carbocycles. The van der Waals surface area contributed by atoms with Gasteiger partial charge in [-0.2, -0.15) is 0 Å². The van der Waals surface area contributed by atoms with Gasteiger partial charge in [-0.05, 0) is 50.9 Å². The minimum Gasteiger partial charge on any atom is -0.314 e. The van der Waals surface area contributed by atoms with Crippen LogP contribution in [0.3, 0.4) is 0 Å². The lowest BCUT2D eigenvalue weighted by atomic mass is 10.0. The van der Waals surface area contributed by atoms with E-state index in [0.717, 1.165) is 12.1 Å². The highest BCUT2D eigenvalue weighted by Gasteiger charge is 2.25. The summed E-state index contributed by atoms with van der Waals surface area (Å²) in [7, 11) is -7.52. The lowest BCUT2D eigenvalue weighted by Gasteiger charge is -2.28. The smallest absolute Gasteiger partial charge is 0.240 e. The van der Waals surface area contributed by atoms with Gasteiger partial charge in [-0.3, -0.25) is 4.72 Å². The zero-order valence-electron chi connectivity index (χ0n) is 14.7. The molecule has 3 N–H and O–H groups in total. The van der Waals surface area contributed by atoms with Crippen molar-refractivity contribution in [1.29, 1.82) is 0 Å². The van der Waals surface area contributed by atoms with Crippen LogP contribution >= 0.6 is 12.4 Å². The number of piperidine rings is 1. The predicted octanol–water partition coefficient (Wildman–Crippen LogP) is 1.82. The molecule has 7 nitrogen and oxygen atoms in total. The van der Waals surface area contributed by atoms with Crippen LogP contribution in [0, 0.1) is 5.82 Å². The molecule has 0 aliphatic carbocycles. The largest absolute Gasteiger partial charge is 0.314 e. The van der Waals surface area contributed by atoms with E-state index in [1.807, 2.05) is 6.92 Å². The van der Waals surface area contributed by atoms with Crippen LogP contribution in [0.2, 0.25) is 0 Å². The van der Waals surface area contributed by atoms with E-state index in [-0.39, 0.29) is 40.8 Å². The molecule has 11 heteroatoms. The molecule has 1 aliphatic heterocycles. The normalized spacial score (nSPS) is 21.0. The zero-order valence-corrected chi connectivity index (χ0v) is 17.1. The monoisotopic (exact) mass is 429 g/mol. The van der Waals surface area contributed by atoms with E-state index < -0.39 is 25.9 Å². The maximum Gasteiger partial charge on any atom is 0.240 e. The highest BCUT2D eigenvalue weighted by molar-refractivity contribution is 7.92.